The zero-order valence-electron chi connectivity index (χ0n) is 14.6. The van der Waals surface area contributed by atoms with E-state index in [1.165, 1.54) is 31.5 Å². The van der Waals surface area contributed by atoms with Crippen LogP contribution < -0.4 is 5.32 Å². The van der Waals surface area contributed by atoms with Crippen molar-refractivity contribution in [3.63, 3.8) is 0 Å². The van der Waals surface area contributed by atoms with Gasteiger partial charge in [0.15, 0.2) is 0 Å². The average Bonchev–Trinajstić information content (AvgIpc) is 2.66. The van der Waals surface area contributed by atoms with Gasteiger partial charge in [0, 0.05) is 17.6 Å². The van der Waals surface area contributed by atoms with Crippen molar-refractivity contribution in [2.24, 2.45) is 5.92 Å². The van der Waals surface area contributed by atoms with Crippen molar-refractivity contribution < 1.29 is 0 Å². The number of benzene rings is 1. The molecule has 1 aromatic heterocycles. The van der Waals surface area contributed by atoms with E-state index in [4.69, 9.17) is 0 Å². The van der Waals surface area contributed by atoms with E-state index < -0.39 is 0 Å². The quantitative estimate of drug-likeness (QED) is 0.934. The first kappa shape index (κ1) is 15.6. The van der Waals surface area contributed by atoms with Crippen LogP contribution in [0.15, 0.2) is 36.4 Å². The van der Waals surface area contributed by atoms with Gasteiger partial charge in [0.2, 0.25) is 0 Å². The van der Waals surface area contributed by atoms with E-state index in [2.05, 4.69) is 70.7 Å². The molecule has 0 aliphatic carbocycles. The monoisotopic (exact) mass is 322 g/mol. The number of hydrogen-bond donors (Lipinski definition) is 1. The Hall–Kier alpha value is -1.94. The maximum absolute atomic E-state index is 4.43. The molecule has 1 aromatic carbocycles. The van der Waals surface area contributed by atoms with Gasteiger partial charge in [0.25, 0.3) is 0 Å². The van der Waals surface area contributed by atoms with Gasteiger partial charge in [-0.05, 0) is 62.9 Å². The number of anilines is 1. The number of piperidine rings is 3. The minimum absolute atomic E-state index is 0.497. The van der Waals surface area contributed by atoms with Crippen LogP contribution in [0, 0.1) is 5.92 Å². The van der Waals surface area contributed by atoms with Gasteiger partial charge in [-0.3, -0.25) is 4.90 Å². The molecule has 0 spiro atoms. The summed E-state index contributed by atoms with van der Waals surface area (Å²) in [7, 11) is 0. The van der Waals surface area contributed by atoms with Gasteiger partial charge in [-0.25, -0.2) is 0 Å². The first-order valence-electron chi connectivity index (χ1n) is 9.18. The lowest BCUT2D eigenvalue weighted by molar-refractivity contribution is 0.0457. The summed E-state index contributed by atoms with van der Waals surface area (Å²) >= 11 is 0. The highest BCUT2D eigenvalue weighted by atomic mass is 15.2. The van der Waals surface area contributed by atoms with Crippen LogP contribution in [-0.2, 0) is 6.42 Å². The maximum Gasteiger partial charge on any atom is 0.148 e. The summed E-state index contributed by atoms with van der Waals surface area (Å²) in [5.74, 6) is 1.67. The lowest BCUT2D eigenvalue weighted by Gasteiger charge is -2.50. The lowest BCUT2D eigenvalue weighted by atomic mass is 9.79. The molecule has 126 valence electrons. The third kappa shape index (κ3) is 2.91. The van der Waals surface area contributed by atoms with Gasteiger partial charge in [-0.1, -0.05) is 31.2 Å². The Morgan fingerprint density at radius 1 is 1.04 bits per heavy atom. The molecular weight excluding hydrogens is 296 g/mol. The van der Waals surface area contributed by atoms with Crippen molar-refractivity contribution >= 4 is 5.82 Å². The number of fused-ring (bicyclic) bond motifs is 3. The highest BCUT2D eigenvalue weighted by Crippen LogP contribution is 2.33. The maximum atomic E-state index is 4.43. The second-order valence-corrected chi connectivity index (χ2v) is 7.14. The zero-order chi connectivity index (χ0) is 16.5. The number of nitrogens with zero attached hydrogens (tertiary/aromatic N) is 3. The van der Waals surface area contributed by atoms with E-state index in [-0.39, 0.29) is 0 Å². The van der Waals surface area contributed by atoms with Crippen molar-refractivity contribution in [1.29, 1.82) is 0 Å². The summed E-state index contributed by atoms with van der Waals surface area (Å²) in [6.45, 7) is 7.01. The minimum Gasteiger partial charge on any atom is -0.364 e. The van der Waals surface area contributed by atoms with Crippen LogP contribution in [0.2, 0.25) is 0 Å². The van der Waals surface area contributed by atoms with Crippen LogP contribution >= 0.6 is 0 Å². The molecule has 4 heteroatoms. The van der Waals surface area contributed by atoms with Gasteiger partial charge in [-0.15, -0.1) is 10.2 Å². The van der Waals surface area contributed by atoms with Gasteiger partial charge in [-0.2, -0.15) is 0 Å². The second-order valence-electron chi connectivity index (χ2n) is 7.14. The Morgan fingerprint density at radius 3 is 2.38 bits per heavy atom. The summed E-state index contributed by atoms with van der Waals surface area (Å²) in [4.78, 5) is 2.59. The number of rotatable bonds is 4. The molecule has 0 unspecified atom stereocenters. The number of aromatic nitrogens is 2. The molecule has 0 amide bonds. The minimum atomic E-state index is 0.497. The number of nitrogens with one attached hydrogen (secondary N) is 1. The van der Waals surface area contributed by atoms with Crippen molar-refractivity contribution in [2.75, 3.05) is 18.4 Å². The molecule has 3 fully saturated rings. The molecule has 2 atom stereocenters. The van der Waals surface area contributed by atoms with E-state index in [0.717, 1.165) is 29.4 Å². The number of hydrogen-bond acceptors (Lipinski definition) is 4. The fourth-order valence-corrected chi connectivity index (χ4v) is 4.19. The average molecular weight is 322 g/mol. The van der Waals surface area contributed by atoms with E-state index in [9.17, 15) is 0 Å². The van der Waals surface area contributed by atoms with Gasteiger partial charge >= 0.3 is 0 Å². The SMILES string of the molecule is CCc1ccc(-c2ccc(N[C@H]3C4CCN(CC4)[C@@H]3C)nn2)cc1. The summed E-state index contributed by atoms with van der Waals surface area (Å²) in [5.41, 5.74) is 3.41. The Morgan fingerprint density at radius 2 is 1.79 bits per heavy atom. The summed E-state index contributed by atoms with van der Waals surface area (Å²) in [6.07, 6.45) is 3.67. The van der Waals surface area contributed by atoms with Crippen LogP contribution in [0.4, 0.5) is 5.82 Å². The first-order valence-corrected chi connectivity index (χ1v) is 9.18. The van der Waals surface area contributed by atoms with Crippen LogP contribution in [0.25, 0.3) is 11.3 Å². The molecule has 3 saturated heterocycles. The Balaban J connectivity index is 1.47. The van der Waals surface area contributed by atoms with Gasteiger partial charge in [0.1, 0.15) is 5.82 Å². The molecule has 5 rings (SSSR count). The molecule has 0 radical (unpaired) electrons. The van der Waals surface area contributed by atoms with E-state index in [0.29, 0.717) is 12.1 Å². The molecule has 2 bridgehead atoms. The van der Waals surface area contributed by atoms with Crippen LogP contribution in [-0.4, -0.2) is 40.3 Å². The largest absolute Gasteiger partial charge is 0.364 e. The van der Waals surface area contributed by atoms with E-state index in [1.54, 1.807) is 0 Å². The van der Waals surface area contributed by atoms with Crippen LogP contribution in [0.1, 0.15) is 32.3 Å². The fraction of sp³-hybridized carbons (Fsp3) is 0.500. The standard InChI is InChI=1S/C20H26N4/c1-3-15-4-6-16(7-5-15)18-8-9-19(23-22-18)21-20-14(2)24-12-10-17(20)11-13-24/h4-9,14,17,20H,3,10-13H2,1-2H3,(H,21,23)/t14-,20-/m1/s1. The fourth-order valence-electron chi connectivity index (χ4n) is 4.19. The molecule has 1 N–H and O–H groups in total. The van der Waals surface area contributed by atoms with Gasteiger partial charge < -0.3 is 5.32 Å². The highest BCUT2D eigenvalue weighted by molar-refractivity contribution is 5.60. The third-order valence-corrected chi connectivity index (χ3v) is 5.81. The van der Waals surface area contributed by atoms with Crippen LogP contribution in [0.5, 0.6) is 0 Å². The molecule has 4 nitrogen and oxygen atoms in total. The molecular formula is C20H26N4. The highest BCUT2D eigenvalue weighted by Gasteiger charge is 2.39. The summed E-state index contributed by atoms with van der Waals surface area (Å²) in [6, 6.07) is 13.8. The molecule has 2 aromatic rings. The van der Waals surface area contributed by atoms with E-state index >= 15 is 0 Å². The first-order chi connectivity index (χ1) is 11.7. The van der Waals surface area contributed by atoms with E-state index in [1.807, 2.05) is 0 Å². The van der Waals surface area contributed by atoms with Crippen molar-refractivity contribution in [3.8, 4) is 11.3 Å². The topological polar surface area (TPSA) is 41.0 Å². The Kier molecular flexibility index (Phi) is 4.23. The molecule has 0 saturated carbocycles. The summed E-state index contributed by atoms with van der Waals surface area (Å²) in [5, 5.41) is 12.5. The third-order valence-electron chi connectivity index (χ3n) is 5.81. The molecule has 3 aliphatic heterocycles. The van der Waals surface area contributed by atoms with Crippen molar-refractivity contribution in [3.05, 3.63) is 42.0 Å². The Bertz CT molecular complexity index is 670. The molecule has 4 heterocycles. The molecule has 3 aliphatic rings. The molecule has 24 heavy (non-hydrogen) atoms. The smallest absolute Gasteiger partial charge is 0.148 e. The van der Waals surface area contributed by atoms with Crippen LogP contribution in [0.3, 0.4) is 0 Å². The normalized spacial score (nSPS) is 28.8. The van der Waals surface area contributed by atoms with Crippen molar-refractivity contribution in [2.45, 2.75) is 45.2 Å². The van der Waals surface area contributed by atoms with Gasteiger partial charge in [0.05, 0.1) is 5.69 Å². The predicted octanol–water partition coefficient (Wildman–Crippen LogP) is 3.60. The lowest BCUT2D eigenvalue weighted by Crippen LogP contribution is -2.59. The second kappa shape index (κ2) is 6.52. The zero-order valence-corrected chi connectivity index (χ0v) is 14.6. The Labute approximate surface area is 144 Å². The predicted molar refractivity (Wildman–Crippen MR) is 98.0 cm³/mol. The summed E-state index contributed by atoms with van der Waals surface area (Å²) < 4.78 is 0. The van der Waals surface area contributed by atoms with Crippen molar-refractivity contribution in [1.82, 2.24) is 15.1 Å². The number of aryl methyl sites for hydroxylation is 1.